The third-order valence-electron chi connectivity index (χ3n) is 8.02. The number of carbonyl (C=O) groups excluding carboxylic acids is 1. The predicted octanol–water partition coefficient (Wildman–Crippen LogP) is 12.8. The molecule has 0 aliphatic heterocycles. The van der Waals surface area contributed by atoms with Crippen LogP contribution in [-0.2, 0) is 9.53 Å². The molecule has 0 bridgehead atoms. The highest BCUT2D eigenvalue weighted by Gasteiger charge is 2.05. The van der Waals surface area contributed by atoms with Crippen molar-refractivity contribution >= 4 is 5.97 Å². The van der Waals surface area contributed by atoms with Gasteiger partial charge in [-0.2, -0.15) is 0 Å². The van der Waals surface area contributed by atoms with Crippen molar-refractivity contribution in [3.05, 3.63) is 11.6 Å². The topological polar surface area (TPSA) is 26.3 Å². The van der Waals surface area contributed by atoms with Crippen LogP contribution >= 0.6 is 0 Å². The standard InChI is InChI=1S/C36H70O2/c1-4-7-10-13-16-19-20-21-24-27-30-33-38-36(37)34-35(31-28-25-22-17-14-11-8-5-2)32-29-26-23-18-15-12-9-6-3/h34H,4-33H2,1-3H3. The van der Waals surface area contributed by atoms with E-state index in [-0.39, 0.29) is 5.97 Å². The molecule has 0 rings (SSSR count). The second kappa shape index (κ2) is 32.4. The van der Waals surface area contributed by atoms with E-state index in [1.165, 1.54) is 173 Å². The van der Waals surface area contributed by atoms with Gasteiger partial charge in [0.05, 0.1) is 6.61 Å². The molecule has 0 spiro atoms. The number of rotatable bonds is 31. The molecule has 0 amide bonds. The van der Waals surface area contributed by atoms with Crippen molar-refractivity contribution in [2.24, 2.45) is 0 Å². The molecule has 0 saturated carbocycles. The zero-order valence-electron chi connectivity index (χ0n) is 26.6. The van der Waals surface area contributed by atoms with Gasteiger partial charge in [0.2, 0.25) is 0 Å². The first-order valence-corrected chi connectivity index (χ1v) is 17.6. The SMILES string of the molecule is CCCCCCCCCCCCCOC(=O)C=C(CCCCCCCCCC)CCCCCCCCCC. The van der Waals surface area contributed by atoms with Gasteiger partial charge >= 0.3 is 5.97 Å². The molecule has 2 heteroatoms. The van der Waals surface area contributed by atoms with E-state index in [1.54, 1.807) is 0 Å². The molecule has 0 aliphatic carbocycles. The quantitative estimate of drug-likeness (QED) is 0.0502. The van der Waals surface area contributed by atoms with Crippen LogP contribution in [0.2, 0.25) is 0 Å². The minimum absolute atomic E-state index is 0.0915. The van der Waals surface area contributed by atoms with Crippen LogP contribution in [0.5, 0.6) is 0 Å². The molecule has 0 aromatic heterocycles. The summed E-state index contributed by atoms with van der Waals surface area (Å²) >= 11 is 0. The first-order valence-electron chi connectivity index (χ1n) is 17.6. The van der Waals surface area contributed by atoms with Gasteiger partial charge in [-0.15, -0.1) is 0 Å². The van der Waals surface area contributed by atoms with Crippen LogP contribution in [0.3, 0.4) is 0 Å². The Morgan fingerprint density at radius 3 is 1.05 bits per heavy atom. The van der Waals surface area contributed by atoms with Crippen LogP contribution in [0.15, 0.2) is 11.6 Å². The fourth-order valence-electron chi connectivity index (χ4n) is 5.39. The van der Waals surface area contributed by atoms with E-state index in [9.17, 15) is 4.79 Å². The van der Waals surface area contributed by atoms with E-state index in [0.717, 1.165) is 19.3 Å². The van der Waals surface area contributed by atoms with Crippen LogP contribution < -0.4 is 0 Å². The smallest absolute Gasteiger partial charge is 0.330 e. The summed E-state index contributed by atoms with van der Waals surface area (Å²) < 4.78 is 5.60. The number of carbonyl (C=O) groups is 1. The molecule has 38 heavy (non-hydrogen) atoms. The summed E-state index contributed by atoms with van der Waals surface area (Å²) in [5.41, 5.74) is 1.34. The number of allylic oxidation sites excluding steroid dienone is 1. The minimum Gasteiger partial charge on any atom is -0.463 e. The maximum Gasteiger partial charge on any atom is 0.330 e. The van der Waals surface area contributed by atoms with Crippen molar-refractivity contribution in [2.75, 3.05) is 6.61 Å². The molecule has 0 radical (unpaired) electrons. The number of unbranched alkanes of at least 4 members (excludes halogenated alkanes) is 24. The zero-order chi connectivity index (χ0) is 27.8. The predicted molar refractivity (Wildman–Crippen MR) is 170 cm³/mol. The van der Waals surface area contributed by atoms with Gasteiger partial charge < -0.3 is 4.74 Å². The maximum atomic E-state index is 12.5. The van der Waals surface area contributed by atoms with Gasteiger partial charge in [-0.3, -0.25) is 0 Å². The summed E-state index contributed by atoms with van der Waals surface area (Å²) in [5.74, 6) is -0.0915. The Morgan fingerprint density at radius 1 is 0.421 bits per heavy atom. The fraction of sp³-hybridized carbons (Fsp3) is 0.917. The van der Waals surface area contributed by atoms with Gasteiger partial charge in [0.25, 0.3) is 0 Å². The first-order chi connectivity index (χ1) is 18.7. The van der Waals surface area contributed by atoms with Crippen LogP contribution in [-0.4, -0.2) is 12.6 Å². The van der Waals surface area contributed by atoms with Crippen LogP contribution in [0, 0.1) is 0 Å². The molecule has 226 valence electrons. The molecule has 0 heterocycles. The molecular formula is C36H70O2. The van der Waals surface area contributed by atoms with E-state index < -0.39 is 0 Å². The molecule has 2 nitrogen and oxygen atoms in total. The van der Waals surface area contributed by atoms with Gasteiger partial charge in [-0.1, -0.05) is 180 Å². The van der Waals surface area contributed by atoms with Gasteiger partial charge in [0, 0.05) is 6.08 Å². The number of esters is 1. The highest BCUT2D eigenvalue weighted by Crippen LogP contribution is 2.19. The number of ether oxygens (including phenoxy) is 1. The average molecular weight is 535 g/mol. The van der Waals surface area contributed by atoms with Crippen molar-refractivity contribution < 1.29 is 9.53 Å². The van der Waals surface area contributed by atoms with Crippen molar-refractivity contribution in [1.82, 2.24) is 0 Å². The Kier molecular flexibility index (Phi) is 31.7. The molecule has 0 N–H and O–H groups in total. The highest BCUT2D eigenvalue weighted by atomic mass is 16.5. The summed E-state index contributed by atoms with van der Waals surface area (Å²) in [6, 6.07) is 0. The normalized spacial score (nSPS) is 11.1. The number of hydrogen-bond donors (Lipinski definition) is 0. The summed E-state index contributed by atoms with van der Waals surface area (Å²) in [6.45, 7) is 7.43. The molecule has 0 aliphatic rings. The summed E-state index contributed by atoms with van der Waals surface area (Å²) in [6.07, 6.45) is 40.0. The Bertz CT molecular complexity index is 474. The third-order valence-corrected chi connectivity index (χ3v) is 8.02. The van der Waals surface area contributed by atoms with E-state index >= 15 is 0 Å². The van der Waals surface area contributed by atoms with Gasteiger partial charge in [-0.05, 0) is 32.1 Å². The van der Waals surface area contributed by atoms with Crippen LogP contribution in [0.1, 0.15) is 207 Å². The van der Waals surface area contributed by atoms with Crippen LogP contribution in [0.4, 0.5) is 0 Å². The minimum atomic E-state index is -0.0915. The average Bonchev–Trinajstić information content (AvgIpc) is 2.92. The lowest BCUT2D eigenvalue weighted by Crippen LogP contribution is -2.04. The third kappa shape index (κ3) is 29.8. The highest BCUT2D eigenvalue weighted by molar-refractivity contribution is 5.82. The molecule has 0 fully saturated rings. The van der Waals surface area contributed by atoms with E-state index in [1.807, 2.05) is 6.08 Å². The second-order valence-electron chi connectivity index (χ2n) is 12.0. The van der Waals surface area contributed by atoms with E-state index in [4.69, 9.17) is 4.74 Å². The molecule has 0 saturated heterocycles. The summed E-state index contributed by atoms with van der Waals surface area (Å²) in [5, 5.41) is 0. The lowest BCUT2D eigenvalue weighted by Gasteiger charge is -2.09. The zero-order valence-corrected chi connectivity index (χ0v) is 26.6. The van der Waals surface area contributed by atoms with Gasteiger partial charge in [-0.25, -0.2) is 4.79 Å². The molecule has 0 atom stereocenters. The number of hydrogen-bond acceptors (Lipinski definition) is 2. The van der Waals surface area contributed by atoms with Crippen LogP contribution in [0.25, 0.3) is 0 Å². The van der Waals surface area contributed by atoms with Crippen molar-refractivity contribution in [3.8, 4) is 0 Å². The van der Waals surface area contributed by atoms with E-state index in [0.29, 0.717) is 6.61 Å². The van der Waals surface area contributed by atoms with E-state index in [2.05, 4.69) is 20.8 Å². The Labute approximate surface area is 240 Å². The lowest BCUT2D eigenvalue weighted by molar-refractivity contribution is -0.137. The van der Waals surface area contributed by atoms with Gasteiger partial charge in [0.15, 0.2) is 0 Å². The van der Waals surface area contributed by atoms with Crippen molar-refractivity contribution in [1.29, 1.82) is 0 Å². The first kappa shape index (κ1) is 37.2. The Balaban J connectivity index is 4.08. The maximum absolute atomic E-state index is 12.5. The molecular weight excluding hydrogens is 464 g/mol. The van der Waals surface area contributed by atoms with Crippen molar-refractivity contribution in [2.45, 2.75) is 207 Å². The van der Waals surface area contributed by atoms with Crippen molar-refractivity contribution in [3.63, 3.8) is 0 Å². The summed E-state index contributed by atoms with van der Waals surface area (Å²) in [7, 11) is 0. The van der Waals surface area contributed by atoms with Gasteiger partial charge in [0.1, 0.15) is 0 Å². The largest absolute Gasteiger partial charge is 0.463 e. The second-order valence-corrected chi connectivity index (χ2v) is 12.0. The molecule has 0 aromatic carbocycles. The lowest BCUT2D eigenvalue weighted by atomic mass is 9.99. The fourth-order valence-corrected chi connectivity index (χ4v) is 5.39. The summed E-state index contributed by atoms with van der Waals surface area (Å²) in [4.78, 5) is 12.5. The molecule has 0 unspecified atom stereocenters. The Hall–Kier alpha value is -0.790. The Morgan fingerprint density at radius 2 is 0.711 bits per heavy atom. The molecule has 0 aromatic rings. The monoisotopic (exact) mass is 535 g/mol.